The lowest BCUT2D eigenvalue weighted by atomic mass is 10.1. The average Bonchev–Trinajstić information content (AvgIpc) is 2.75. The van der Waals surface area contributed by atoms with E-state index in [4.69, 9.17) is 11.6 Å². The Morgan fingerprint density at radius 1 is 1.07 bits per heavy atom. The maximum Gasteiger partial charge on any atom is 0.251 e. The van der Waals surface area contributed by atoms with E-state index in [9.17, 15) is 4.79 Å². The summed E-state index contributed by atoms with van der Waals surface area (Å²) in [6, 6.07) is 15.7. The first-order valence-electron chi connectivity index (χ1n) is 9.94. The Hall–Kier alpha value is -2.73. The van der Waals surface area contributed by atoms with E-state index in [1.54, 1.807) is 7.05 Å². The molecule has 6 nitrogen and oxygen atoms in total. The van der Waals surface area contributed by atoms with E-state index in [1.807, 2.05) is 49.4 Å². The van der Waals surface area contributed by atoms with E-state index >= 15 is 0 Å². The fourth-order valence-corrected chi connectivity index (χ4v) is 3.63. The number of amides is 1. The van der Waals surface area contributed by atoms with E-state index in [1.165, 1.54) is 0 Å². The van der Waals surface area contributed by atoms with Crippen LogP contribution >= 0.6 is 11.6 Å². The highest BCUT2D eigenvalue weighted by Crippen LogP contribution is 2.20. The van der Waals surface area contributed by atoms with E-state index in [0.717, 1.165) is 48.4 Å². The van der Waals surface area contributed by atoms with Crippen LogP contribution < -0.4 is 15.5 Å². The Labute approximate surface area is 177 Å². The highest BCUT2D eigenvalue weighted by atomic mass is 35.5. The van der Waals surface area contributed by atoms with Crippen LogP contribution in [-0.4, -0.2) is 56.5 Å². The lowest BCUT2D eigenvalue weighted by Crippen LogP contribution is -2.52. The molecule has 0 radical (unpaired) electrons. The van der Waals surface area contributed by atoms with Crippen molar-refractivity contribution in [3.63, 3.8) is 0 Å². The molecule has 0 spiro atoms. The molecule has 1 amide bonds. The molecule has 0 saturated carbocycles. The van der Waals surface area contributed by atoms with Crippen LogP contribution in [0.1, 0.15) is 22.8 Å². The first-order valence-corrected chi connectivity index (χ1v) is 10.3. The Morgan fingerprint density at radius 2 is 1.83 bits per heavy atom. The molecule has 0 atom stereocenters. The van der Waals surface area contributed by atoms with Gasteiger partial charge in [0.25, 0.3) is 5.91 Å². The molecule has 0 unspecified atom stereocenters. The number of anilines is 1. The minimum absolute atomic E-state index is 0.0455. The molecule has 2 N–H and O–H groups in total. The SMILES string of the molecule is CCNC(=O)c1cccc(CNC(=NC)N2CCN(c3cccc(Cl)c3)CC2)c1. The van der Waals surface area contributed by atoms with Crippen molar-refractivity contribution in [3.05, 3.63) is 64.7 Å². The zero-order valence-corrected chi connectivity index (χ0v) is 17.7. The van der Waals surface area contributed by atoms with Gasteiger partial charge in [-0.3, -0.25) is 9.79 Å². The topological polar surface area (TPSA) is 60.0 Å². The molecule has 0 bridgehead atoms. The van der Waals surface area contributed by atoms with Gasteiger partial charge >= 0.3 is 0 Å². The summed E-state index contributed by atoms with van der Waals surface area (Å²) >= 11 is 6.12. The standard InChI is InChI=1S/C22H28ClN5O/c1-3-25-21(29)18-7-4-6-17(14-18)16-26-22(24-2)28-12-10-27(11-13-28)20-9-5-8-19(23)15-20/h4-9,14-15H,3,10-13,16H2,1-2H3,(H,24,26)(H,25,29). The first-order chi connectivity index (χ1) is 14.1. The first kappa shape index (κ1) is 21.0. The fraction of sp³-hybridized carbons (Fsp3) is 0.364. The highest BCUT2D eigenvalue weighted by Gasteiger charge is 2.20. The third kappa shape index (κ3) is 5.64. The summed E-state index contributed by atoms with van der Waals surface area (Å²) in [5.41, 5.74) is 2.88. The maximum atomic E-state index is 12.0. The van der Waals surface area contributed by atoms with Crippen LogP contribution in [0, 0.1) is 0 Å². The number of nitrogens with zero attached hydrogens (tertiary/aromatic N) is 3. The van der Waals surface area contributed by atoms with Gasteiger partial charge in [-0.1, -0.05) is 29.8 Å². The number of aliphatic imine (C=N–C) groups is 1. The van der Waals surface area contributed by atoms with Gasteiger partial charge in [-0.05, 0) is 42.8 Å². The molecule has 1 aliphatic rings. The van der Waals surface area contributed by atoms with Gasteiger partial charge in [0, 0.05) is 62.6 Å². The van der Waals surface area contributed by atoms with Crippen molar-refractivity contribution in [2.45, 2.75) is 13.5 Å². The Balaban J connectivity index is 1.55. The fourth-order valence-electron chi connectivity index (χ4n) is 3.45. The smallest absolute Gasteiger partial charge is 0.251 e. The number of rotatable bonds is 5. The molecule has 1 saturated heterocycles. The van der Waals surface area contributed by atoms with Crippen LogP contribution in [0.3, 0.4) is 0 Å². The number of benzene rings is 2. The minimum atomic E-state index is -0.0455. The molecule has 2 aromatic rings. The normalized spacial score (nSPS) is 14.7. The molecule has 0 aliphatic carbocycles. The van der Waals surface area contributed by atoms with Crippen molar-refractivity contribution < 1.29 is 4.79 Å². The van der Waals surface area contributed by atoms with Gasteiger partial charge in [-0.15, -0.1) is 0 Å². The summed E-state index contributed by atoms with van der Waals surface area (Å²) in [5, 5.41) is 7.02. The van der Waals surface area contributed by atoms with Crippen LogP contribution in [0.2, 0.25) is 5.02 Å². The van der Waals surface area contributed by atoms with E-state index in [2.05, 4.69) is 31.5 Å². The average molecular weight is 414 g/mol. The molecule has 1 aliphatic heterocycles. The Kier molecular flexibility index (Phi) is 7.36. The largest absolute Gasteiger partial charge is 0.368 e. The van der Waals surface area contributed by atoms with Gasteiger partial charge in [0.2, 0.25) is 0 Å². The summed E-state index contributed by atoms with van der Waals surface area (Å²) in [4.78, 5) is 21.1. The lowest BCUT2D eigenvalue weighted by Gasteiger charge is -2.37. The number of piperazine rings is 1. The minimum Gasteiger partial charge on any atom is -0.368 e. The molecule has 154 valence electrons. The van der Waals surface area contributed by atoms with Gasteiger partial charge in [0.15, 0.2) is 5.96 Å². The van der Waals surface area contributed by atoms with Crippen molar-refractivity contribution in [3.8, 4) is 0 Å². The second-order valence-electron chi connectivity index (χ2n) is 6.91. The summed E-state index contributed by atoms with van der Waals surface area (Å²) in [7, 11) is 1.80. The van der Waals surface area contributed by atoms with E-state index in [0.29, 0.717) is 18.7 Å². The molecular formula is C22H28ClN5O. The predicted octanol–water partition coefficient (Wildman–Crippen LogP) is 2.99. The zero-order chi connectivity index (χ0) is 20.6. The summed E-state index contributed by atoms with van der Waals surface area (Å²) in [6.07, 6.45) is 0. The molecule has 3 rings (SSSR count). The van der Waals surface area contributed by atoms with Crippen molar-refractivity contribution in [2.24, 2.45) is 4.99 Å². The number of carbonyl (C=O) groups excluding carboxylic acids is 1. The van der Waals surface area contributed by atoms with Crippen LogP contribution in [0.4, 0.5) is 5.69 Å². The van der Waals surface area contributed by atoms with Crippen LogP contribution in [0.25, 0.3) is 0 Å². The summed E-state index contributed by atoms with van der Waals surface area (Å²) < 4.78 is 0. The van der Waals surface area contributed by atoms with E-state index in [-0.39, 0.29) is 5.91 Å². The molecular weight excluding hydrogens is 386 g/mol. The summed E-state index contributed by atoms with van der Waals surface area (Å²) in [5.74, 6) is 0.829. The number of halogens is 1. The number of carbonyl (C=O) groups is 1. The van der Waals surface area contributed by atoms with Gasteiger partial charge in [-0.25, -0.2) is 0 Å². The molecule has 1 fully saturated rings. The second-order valence-corrected chi connectivity index (χ2v) is 7.35. The third-order valence-corrected chi connectivity index (χ3v) is 5.18. The van der Waals surface area contributed by atoms with E-state index < -0.39 is 0 Å². The van der Waals surface area contributed by atoms with Crippen LogP contribution in [0.15, 0.2) is 53.5 Å². The highest BCUT2D eigenvalue weighted by molar-refractivity contribution is 6.30. The molecule has 1 heterocycles. The number of hydrogen-bond acceptors (Lipinski definition) is 3. The van der Waals surface area contributed by atoms with Crippen molar-refractivity contribution in [2.75, 3.05) is 44.7 Å². The lowest BCUT2D eigenvalue weighted by molar-refractivity contribution is 0.0955. The van der Waals surface area contributed by atoms with Crippen LogP contribution in [-0.2, 0) is 6.54 Å². The molecule has 29 heavy (non-hydrogen) atoms. The maximum absolute atomic E-state index is 12.0. The van der Waals surface area contributed by atoms with Gasteiger partial charge in [-0.2, -0.15) is 0 Å². The molecule has 0 aromatic heterocycles. The summed E-state index contributed by atoms with van der Waals surface area (Å²) in [6.45, 7) is 6.74. The number of nitrogens with one attached hydrogen (secondary N) is 2. The van der Waals surface area contributed by atoms with Crippen molar-refractivity contribution >= 4 is 29.2 Å². The van der Waals surface area contributed by atoms with Gasteiger partial charge in [0.05, 0.1) is 0 Å². The zero-order valence-electron chi connectivity index (χ0n) is 17.0. The van der Waals surface area contributed by atoms with Crippen molar-refractivity contribution in [1.82, 2.24) is 15.5 Å². The molecule has 7 heteroatoms. The molecule has 2 aromatic carbocycles. The Morgan fingerprint density at radius 3 is 2.52 bits per heavy atom. The van der Waals surface area contributed by atoms with Gasteiger partial charge < -0.3 is 20.4 Å². The van der Waals surface area contributed by atoms with Crippen molar-refractivity contribution in [1.29, 1.82) is 0 Å². The monoisotopic (exact) mass is 413 g/mol. The predicted molar refractivity (Wildman–Crippen MR) is 120 cm³/mol. The second kappa shape index (κ2) is 10.2. The quantitative estimate of drug-likeness (QED) is 0.584. The van der Waals surface area contributed by atoms with Gasteiger partial charge in [0.1, 0.15) is 0 Å². The number of guanidine groups is 1. The Bertz CT molecular complexity index is 862. The third-order valence-electron chi connectivity index (χ3n) is 4.94. The number of hydrogen-bond donors (Lipinski definition) is 2. The van der Waals surface area contributed by atoms with Crippen LogP contribution in [0.5, 0.6) is 0 Å².